The van der Waals surface area contributed by atoms with Crippen molar-refractivity contribution < 1.29 is 4.74 Å². The number of piperidine rings is 1. The molecule has 1 fully saturated rings. The topological polar surface area (TPSA) is 12.5 Å². The lowest BCUT2D eigenvalue weighted by Gasteiger charge is -2.37. The van der Waals surface area contributed by atoms with Gasteiger partial charge in [-0.1, -0.05) is 28.9 Å². The van der Waals surface area contributed by atoms with Gasteiger partial charge in [-0.3, -0.25) is 0 Å². The molecule has 2 rings (SSSR count). The molecule has 100 valence electrons. The maximum atomic E-state index is 5.87. The Morgan fingerprint density at radius 3 is 2.89 bits per heavy atom. The smallest absolute Gasteiger partial charge is 0.0772 e. The molecule has 0 bridgehead atoms. The summed E-state index contributed by atoms with van der Waals surface area (Å²) in [5.74, 6) is 1.18. The van der Waals surface area contributed by atoms with Crippen LogP contribution in [0.25, 0.3) is 0 Å². The number of nitrogens with zero attached hydrogens (tertiary/aromatic N) is 1. The zero-order valence-electron chi connectivity index (χ0n) is 10.8. The second kappa shape index (κ2) is 6.27. The fourth-order valence-electron chi connectivity index (χ4n) is 2.42. The lowest BCUT2D eigenvalue weighted by molar-refractivity contribution is 0.0498. The van der Waals surface area contributed by atoms with Crippen molar-refractivity contribution >= 4 is 33.2 Å². The standard InChI is InChI=1S/C14H19BrClNO/c1-10-5-6-17(9-14(10)18-2)12-4-3-11(8-16)13(15)7-12/h3-4,7,10,14H,5-6,8-9H2,1-2H3. The van der Waals surface area contributed by atoms with Crippen LogP contribution in [-0.2, 0) is 10.6 Å². The molecule has 1 aromatic rings. The van der Waals surface area contributed by atoms with Crippen molar-refractivity contribution in [1.82, 2.24) is 0 Å². The van der Waals surface area contributed by atoms with Gasteiger partial charge in [0.2, 0.25) is 0 Å². The number of anilines is 1. The molecule has 0 amide bonds. The fourth-order valence-corrected chi connectivity index (χ4v) is 3.32. The molecule has 18 heavy (non-hydrogen) atoms. The van der Waals surface area contributed by atoms with Gasteiger partial charge in [0.1, 0.15) is 0 Å². The Hall–Kier alpha value is -0.250. The van der Waals surface area contributed by atoms with E-state index in [-0.39, 0.29) is 0 Å². The van der Waals surface area contributed by atoms with E-state index in [9.17, 15) is 0 Å². The van der Waals surface area contributed by atoms with Gasteiger partial charge < -0.3 is 9.64 Å². The van der Waals surface area contributed by atoms with Crippen LogP contribution in [0.3, 0.4) is 0 Å². The van der Waals surface area contributed by atoms with Gasteiger partial charge in [-0.15, -0.1) is 11.6 Å². The summed E-state index contributed by atoms with van der Waals surface area (Å²) in [6.07, 6.45) is 1.50. The van der Waals surface area contributed by atoms with E-state index < -0.39 is 0 Å². The van der Waals surface area contributed by atoms with Gasteiger partial charge in [-0.2, -0.15) is 0 Å². The van der Waals surface area contributed by atoms with Crippen molar-refractivity contribution in [3.05, 3.63) is 28.2 Å². The van der Waals surface area contributed by atoms with E-state index in [1.54, 1.807) is 7.11 Å². The van der Waals surface area contributed by atoms with Gasteiger partial charge in [0.05, 0.1) is 6.10 Å². The van der Waals surface area contributed by atoms with Crippen molar-refractivity contribution in [3.63, 3.8) is 0 Å². The van der Waals surface area contributed by atoms with Crippen LogP contribution in [0.5, 0.6) is 0 Å². The summed E-state index contributed by atoms with van der Waals surface area (Å²) in [6, 6.07) is 6.39. The molecule has 2 unspecified atom stereocenters. The third kappa shape index (κ3) is 3.01. The average Bonchev–Trinajstić information content (AvgIpc) is 2.39. The molecule has 0 aliphatic carbocycles. The molecule has 1 heterocycles. The minimum Gasteiger partial charge on any atom is -0.379 e. The van der Waals surface area contributed by atoms with Gasteiger partial charge in [0.15, 0.2) is 0 Å². The SMILES string of the molecule is COC1CN(c2ccc(CCl)c(Br)c2)CCC1C. The summed E-state index contributed by atoms with van der Waals surface area (Å²) in [7, 11) is 1.80. The molecule has 0 radical (unpaired) electrons. The first-order valence-electron chi connectivity index (χ1n) is 6.28. The van der Waals surface area contributed by atoms with Crippen LogP contribution in [0.2, 0.25) is 0 Å². The number of hydrogen-bond donors (Lipinski definition) is 0. The van der Waals surface area contributed by atoms with Gasteiger partial charge in [0, 0.05) is 36.2 Å². The highest BCUT2D eigenvalue weighted by Gasteiger charge is 2.26. The highest BCUT2D eigenvalue weighted by Crippen LogP contribution is 2.29. The van der Waals surface area contributed by atoms with Gasteiger partial charge in [-0.05, 0) is 30.0 Å². The molecule has 2 atom stereocenters. The predicted octanol–water partition coefficient (Wildman–Crippen LogP) is 4.05. The van der Waals surface area contributed by atoms with Crippen LogP contribution in [0.4, 0.5) is 5.69 Å². The Bertz CT molecular complexity index is 413. The molecule has 0 aromatic heterocycles. The van der Waals surface area contributed by atoms with Crippen LogP contribution in [0.1, 0.15) is 18.9 Å². The van der Waals surface area contributed by atoms with Gasteiger partial charge in [-0.25, -0.2) is 0 Å². The van der Waals surface area contributed by atoms with Crippen LogP contribution >= 0.6 is 27.5 Å². The number of ether oxygens (including phenoxy) is 1. The quantitative estimate of drug-likeness (QED) is 0.774. The zero-order chi connectivity index (χ0) is 13.1. The van der Waals surface area contributed by atoms with E-state index in [1.165, 1.54) is 12.1 Å². The summed E-state index contributed by atoms with van der Waals surface area (Å²) in [4.78, 5) is 2.39. The van der Waals surface area contributed by atoms with Crippen molar-refractivity contribution in [2.75, 3.05) is 25.1 Å². The largest absolute Gasteiger partial charge is 0.379 e. The van der Waals surface area contributed by atoms with Crippen molar-refractivity contribution in [2.24, 2.45) is 5.92 Å². The van der Waals surface area contributed by atoms with E-state index in [4.69, 9.17) is 16.3 Å². The van der Waals surface area contributed by atoms with E-state index in [2.05, 4.69) is 46.0 Å². The second-order valence-corrected chi connectivity index (χ2v) is 6.02. The maximum absolute atomic E-state index is 5.87. The predicted molar refractivity (Wildman–Crippen MR) is 80.5 cm³/mol. The third-order valence-corrected chi connectivity index (χ3v) is 4.76. The Morgan fingerprint density at radius 2 is 2.28 bits per heavy atom. The monoisotopic (exact) mass is 331 g/mol. The number of alkyl halides is 1. The normalized spacial score (nSPS) is 24.3. The van der Waals surface area contributed by atoms with Crippen LogP contribution in [0.15, 0.2) is 22.7 Å². The number of hydrogen-bond acceptors (Lipinski definition) is 2. The zero-order valence-corrected chi connectivity index (χ0v) is 13.2. The summed E-state index contributed by atoms with van der Waals surface area (Å²) in [5.41, 5.74) is 2.37. The summed E-state index contributed by atoms with van der Waals surface area (Å²) in [6.45, 7) is 4.32. The Kier molecular flexibility index (Phi) is 4.93. The number of halogens is 2. The van der Waals surface area contributed by atoms with E-state index in [0.717, 1.165) is 23.1 Å². The molecule has 0 saturated carbocycles. The van der Waals surface area contributed by atoms with E-state index >= 15 is 0 Å². The van der Waals surface area contributed by atoms with Crippen LogP contribution < -0.4 is 4.90 Å². The highest BCUT2D eigenvalue weighted by atomic mass is 79.9. The Morgan fingerprint density at radius 1 is 1.50 bits per heavy atom. The molecule has 1 aliphatic heterocycles. The Labute approximate surface area is 122 Å². The summed E-state index contributed by atoms with van der Waals surface area (Å²) >= 11 is 9.45. The van der Waals surface area contributed by atoms with Gasteiger partial charge in [0.25, 0.3) is 0 Å². The third-order valence-electron chi connectivity index (χ3n) is 3.74. The van der Waals surface area contributed by atoms with E-state index in [0.29, 0.717) is 17.9 Å². The van der Waals surface area contributed by atoms with Crippen LogP contribution in [0, 0.1) is 5.92 Å². The molecule has 4 heteroatoms. The van der Waals surface area contributed by atoms with Gasteiger partial charge >= 0.3 is 0 Å². The first kappa shape index (κ1) is 14.2. The summed E-state index contributed by atoms with van der Waals surface area (Å²) in [5, 5.41) is 0. The average molecular weight is 333 g/mol. The molecule has 0 N–H and O–H groups in total. The van der Waals surface area contributed by atoms with Crippen LogP contribution in [-0.4, -0.2) is 26.3 Å². The lowest BCUT2D eigenvalue weighted by Crippen LogP contribution is -2.43. The molecule has 1 aliphatic rings. The van der Waals surface area contributed by atoms with Crippen molar-refractivity contribution in [1.29, 1.82) is 0 Å². The molecular formula is C14H19BrClNO. The first-order valence-corrected chi connectivity index (χ1v) is 7.60. The molecule has 2 nitrogen and oxygen atoms in total. The molecule has 1 saturated heterocycles. The highest BCUT2D eigenvalue weighted by molar-refractivity contribution is 9.10. The minimum atomic E-state index is 0.324. The number of methoxy groups -OCH3 is 1. The van der Waals surface area contributed by atoms with E-state index in [1.807, 2.05) is 0 Å². The minimum absolute atomic E-state index is 0.324. The molecule has 0 spiro atoms. The second-order valence-electron chi connectivity index (χ2n) is 4.90. The fraction of sp³-hybridized carbons (Fsp3) is 0.571. The lowest BCUT2D eigenvalue weighted by atomic mass is 9.95. The first-order chi connectivity index (χ1) is 8.65. The van der Waals surface area contributed by atoms with Crippen molar-refractivity contribution in [2.45, 2.75) is 25.3 Å². The number of rotatable bonds is 3. The number of benzene rings is 1. The van der Waals surface area contributed by atoms with Crippen molar-refractivity contribution in [3.8, 4) is 0 Å². The summed E-state index contributed by atoms with van der Waals surface area (Å²) < 4.78 is 6.64. The Balaban J connectivity index is 2.14. The maximum Gasteiger partial charge on any atom is 0.0772 e. The molecular weight excluding hydrogens is 314 g/mol. The molecule has 1 aromatic carbocycles.